The lowest BCUT2D eigenvalue weighted by atomic mass is 10.2. The van der Waals surface area contributed by atoms with Gasteiger partial charge in [-0.15, -0.1) is 0 Å². The number of pyridine rings is 1. The van der Waals surface area contributed by atoms with Gasteiger partial charge in [-0.3, -0.25) is 4.72 Å². The van der Waals surface area contributed by atoms with Gasteiger partial charge in [-0.2, -0.15) is 10.5 Å². The maximum atomic E-state index is 12.3. The van der Waals surface area contributed by atoms with Gasteiger partial charge in [0.1, 0.15) is 11.0 Å². The average molecular weight is 363 g/mol. The largest absolute Gasteiger partial charge is 0.278 e. The van der Waals surface area contributed by atoms with Gasteiger partial charge >= 0.3 is 0 Å². The first-order valence-electron chi connectivity index (χ1n) is 5.55. The molecule has 0 unspecified atom stereocenters. The molecule has 0 amide bonds. The van der Waals surface area contributed by atoms with E-state index in [0.717, 1.165) is 0 Å². The van der Waals surface area contributed by atoms with Crippen molar-refractivity contribution in [1.29, 1.82) is 10.5 Å². The molecule has 1 aromatic heterocycles. The summed E-state index contributed by atoms with van der Waals surface area (Å²) in [5.74, 6) is 0. The number of rotatable bonds is 3. The molecule has 8 heteroatoms. The highest BCUT2D eigenvalue weighted by molar-refractivity contribution is 9.10. The maximum Gasteiger partial charge on any atom is 0.264 e. The zero-order valence-electron chi connectivity index (χ0n) is 10.4. The molecule has 104 valence electrons. The van der Waals surface area contributed by atoms with Crippen molar-refractivity contribution in [2.75, 3.05) is 4.72 Å². The highest BCUT2D eigenvalue weighted by Gasteiger charge is 2.20. The zero-order chi connectivity index (χ0) is 15.5. The average Bonchev–Trinajstić information content (AvgIpc) is 2.49. The van der Waals surface area contributed by atoms with E-state index in [4.69, 9.17) is 10.5 Å². The third-order valence-electron chi connectivity index (χ3n) is 2.51. The number of sulfonamides is 1. The molecule has 1 heterocycles. The molecular weight excluding hydrogens is 356 g/mol. The number of anilines is 1. The Labute approximate surface area is 129 Å². The van der Waals surface area contributed by atoms with Crippen molar-refractivity contribution in [2.45, 2.75) is 4.90 Å². The number of nitrogens with zero attached hydrogens (tertiary/aromatic N) is 3. The smallest absolute Gasteiger partial charge is 0.264 e. The van der Waals surface area contributed by atoms with Crippen molar-refractivity contribution in [2.24, 2.45) is 0 Å². The molecule has 0 saturated carbocycles. The van der Waals surface area contributed by atoms with Gasteiger partial charge in [-0.05, 0) is 46.3 Å². The van der Waals surface area contributed by atoms with Gasteiger partial charge < -0.3 is 0 Å². The Balaban J connectivity index is 2.44. The van der Waals surface area contributed by atoms with Crippen LogP contribution in [-0.2, 0) is 10.0 Å². The van der Waals surface area contributed by atoms with Crippen LogP contribution in [0.15, 0.2) is 45.9 Å². The minimum absolute atomic E-state index is 0.185. The molecule has 0 spiro atoms. The zero-order valence-corrected chi connectivity index (χ0v) is 12.8. The molecule has 0 fully saturated rings. The molecule has 21 heavy (non-hydrogen) atoms. The number of nitriles is 2. The van der Waals surface area contributed by atoms with Gasteiger partial charge in [0.2, 0.25) is 0 Å². The molecule has 6 nitrogen and oxygen atoms in total. The van der Waals surface area contributed by atoms with Gasteiger partial charge in [0.15, 0.2) is 5.69 Å². The highest BCUT2D eigenvalue weighted by Crippen LogP contribution is 2.26. The summed E-state index contributed by atoms with van der Waals surface area (Å²) in [5, 5.41) is 17.7. The Morgan fingerprint density at radius 3 is 2.57 bits per heavy atom. The molecule has 0 aliphatic carbocycles. The van der Waals surface area contributed by atoms with E-state index in [-0.39, 0.29) is 16.3 Å². The van der Waals surface area contributed by atoms with Crippen LogP contribution in [0.3, 0.4) is 0 Å². The van der Waals surface area contributed by atoms with Gasteiger partial charge in [0, 0.05) is 10.7 Å². The standard InChI is InChI=1S/C13H7BrN4O2S/c14-10-6-9(7-15)3-4-11(10)18-21(19,20)13-2-1-5-17-12(13)8-16/h1-6,18H. The number of hydrogen-bond acceptors (Lipinski definition) is 5. The minimum atomic E-state index is -3.95. The van der Waals surface area contributed by atoms with Crippen molar-refractivity contribution < 1.29 is 8.42 Å². The molecule has 0 aliphatic rings. The van der Waals surface area contributed by atoms with Crippen LogP contribution in [0.4, 0.5) is 5.69 Å². The topological polar surface area (TPSA) is 107 Å². The molecule has 0 aliphatic heterocycles. The fourth-order valence-corrected chi connectivity index (χ4v) is 3.36. The summed E-state index contributed by atoms with van der Waals surface area (Å²) in [6, 6.07) is 10.9. The lowest BCUT2D eigenvalue weighted by Crippen LogP contribution is -2.15. The highest BCUT2D eigenvalue weighted by atomic mass is 79.9. The SMILES string of the molecule is N#Cc1ccc(NS(=O)(=O)c2cccnc2C#N)c(Br)c1. The molecule has 2 aromatic rings. The number of hydrogen-bond donors (Lipinski definition) is 1. The predicted octanol–water partition coefficient (Wildman–Crippen LogP) is 2.39. The molecule has 0 atom stereocenters. The van der Waals surface area contributed by atoms with Crippen molar-refractivity contribution in [1.82, 2.24) is 4.98 Å². The first kappa shape index (κ1) is 15.0. The van der Waals surface area contributed by atoms with Crippen molar-refractivity contribution >= 4 is 31.6 Å². The van der Waals surface area contributed by atoms with Crippen LogP contribution in [-0.4, -0.2) is 13.4 Å². The quantitative estimate of drug-likeness (QED) is 0.901. The fraction of sp³-hybridized carbons (Fsp3) is 0. The Hall–Kier alpha value is -2.42. The number of benzene rings is 1. The molecular formula is C13H7BrN4O2S. The minimum Gasteiger partial charge on any atom is -0.278 e. The molecule has 1 N–H and O–H groups in total. The van der Waals surface area contributed by atoms with Gasteiger partial charge in [0.05, 0.1) is 17.3 Å². The maximum absolute atomic E-state index is 12.3. The van der Waals surface area contributed by atoms with E-state index in [1.54, 1.807) is 6.07 Å². The van der Waals surface area contributed by atoms with E-state index >= 15 is 0 Å². The third kappa shape index (κ3) is 3.19. The van der Waals surface area contributed by atoms with Crippen LogP contribution in [0.25, 0.3) is 0 Å². The first-order chi connectivity index (χ1) is 9.97. The van der Waals surface area contributed by atoms with Crippen LogP contribution in [0.5, 0.6) is 0 Å². The summed E-state index contributed by atoms with van der Waals surface area (Å²) in [4.78, 5) is 3.51. The van der Waals surface area contributed by atoms with Gasteiger partial charge in [0.25, 0.3) is 10.0 Å². The van der Waals surface area contributed by atoms with Crippen LogP contribution >= 0.6 is 15.9 Å². The summed E-state index contributed by atoms with van der Waals surface area (Å²) < 4.78 is 27.4. The summed E-state index contributed by atoms with van der Waals surface area (Å²) in [6.07, 6.45) is 1.34. The monoisotopic (exact) mass is 362 g/mol. The van der Waals surface area contributed by atoms with Crippen molar-refractivity contribution in [3.05, 3.63) is 52.3 Å². The summed E-state index contributed by atoms with van der Waals surface area (Å²) in [6.45, 7) is 0. The Bertz CT molecular complexity index is 882. The van der Waals surface area contributed by atoms with E-state index < -0.39 is 10.0 Å². The molecule has 0 bridgehead atoms. The van der Waals surface area contributed by atoms with Crippen LogP contribution < -0.4 is 4.72 Å². The van der Waals surface area contributed by atoms with Crippen LogP contribution in [0.1, 0.15) is 11.3 Å². The van der Waals surface area contributed by atoms with E-state index in [0.29, 0.717) is 10.0 Å². The fourth-order valence-electron chi connectivity index (χ4n) is 1.56. The lowest BCUT2D eigenvalue weighted by Gasteiger charge is -2.10. The summed E-state index contributed by atoms with van der Waals surface area (Å²) >= 11 is 3.19. The summed E-state index contributed by atoms with van der Waals surface area (Å²) in [5.41, 5.74) is 0.473. The second-order valence-corrected chi connectivity index (χ2v) is 6.38. The molecule has 1 aromatic carbocycles. The molecule has 2 rings (SSSR count). The van der Waals surface area contributed by atoms with Crippen molar-refractivity contribution in [3.8, 4) is 12.1 Å². The van der Waals surface area contributed by atoms with E-state index in [1.807, 2.05) is 6.07 Å². The van der Waals surface area contributed by atoms with E-state index in [1.165, 1.54) is 36.5 Å². The number of nitrogens with one attached hydrogen (secondary N) is 1. The van der Waals surface area contributed by atoms with Crippen LogP contribution in [0, 0.1) is 22.7 Å². The Morgan fingerprint density at radius 2 is 1.95 bits per heavy atom. The first-order valence-corrected chi connectivity index (χ1v) is 7.83. The molecule has 0 radical (unpaired) electrons. The number of aromatic nitrogens is 1. The lowest BCUT2D eigenvalue weighted by molar-refractivity contribution is 0.600. The third-order valence-corrected chi connectivity index (χ3v) is 4.56. The molecule has 0 saturated heterocycles. The van der Waals surface area contributed by atoms with Crippen LogP contribution in [0.2, 0.25) is 0 Å². The van der Waals surface area contributed by atoms with Gasteiger partial charge in [-0.1, -0.05) is 0 Å². The van der Waals surface area contributed by atoms with Crippen molar-refractivity contribution in [3.63, 3.8) is 0 Å². The Kier molecular flexibility index (Phi) is 4.22. The second-order valence-electron chi connectivity index (χ2n) is 3.87. The summed E-state index contributed by atoms with van der Waals surface area (Å²) in [7, 11) is -3.95. The second kappa shape index (κ2) is 5.92. The Morgan fingerprint density at radius 1 is 1.19 bits per heavy atom. The normalized spacial score (nSPS) is 10.4. The van der Waals surface area contributed by atoms with E-state index in [9.17, 15) is 8.42 Å². The number of halogens is 1. The predicted molar refractivity (Wildman–Crippen MR) is 78.6 cm³/mol. The van der Waals surface area contributed by atoms with E-state index in [2.05, 4.69) is 25.6 Å². The van der Waals surface area contributed by atoms with Gasteiger partial charge in [-0.25, -0.2) is 13.4 Å².